The number of carbonyl (C=O) groups excluding carboxylic acids is 1. The fourth-order valence-corrected chi connectivity index (χ4v) is 4.94. The lowest BCUT2D eigenvalue weighted by molar-refractivity contribution is -0.155. The van der Waals surface area contributed by atoms with Crippen LogP contribution >= 0.6 is 0 Å². The first-order valence-corrected chi connectivity index (χ1v) is 12.5. The van der Waals surface area contributed by atoms with Gasteiger partial charge in [0.25, 0.3) is 0 Å². The van der Waals surface area contributed by atoms with Crippen molar-refractivity contribution >= 4 is 12.0 Å². The van der Waals surface area contributed by atoms with Crippen LogP contribution in [0.15, 0.2) is 23.8 Å². The molecule has 1 saturated carbocycles. The molecule has 3 aliphatic rings. The standard InChI is InChI=1S/C25H35NO12/c1-3-4-12(24(34)26-15-16(29)18(31)23-22(17(15)30)35-9-36-23)7-11-5-6-14(13(28)8-11)37-25-20(33)19(32)21(38-25)10(2)27/h5-8,10,15-23,25,27-33H,3-4,9H2,1-2H3,(H,26,34)/b12-7+/t10-,15?,16+,17-,18-,19+,20+,21-,22+,23-,25-/m1/s1. The number of aliphatic hydroxyl groups excluding tert-OH is 6. The molecule has 13 heteroatoms. The van der Waals surface area contributed by atoms with Crippen LogP contribution in [-0.4, -0.2) is 116 Å². The summed E-state index contributed by atoms with van der Waals surface area (Å²) in [5, 5.41) is 74.4. The van der Waals surface area contributed by atoms with Crippen LogP contribution in [0.1, 0.15) is 32.3 Å². The highest BCUT2D eigenvalue weighted by atomic mass is 16.7. The highest BCUT2D eigenvalue weighted by molar-refractivity contribution is 5.98. The first-order valence-electron chi connectivity index (χ1n) is 12.5. The summed E-state index contributed by atoms with van der Waals surface area (Å²) in [7, 11) is 0. The Kier molecular flexibility index (Phi) is 8.92. The van der Waals surface area contributed by atoms with Gasteiger partial charge in [-0.3, -0.25) is 4.79 Å². The van der Waals surface area contributed by atoms with Crippen LogP contribution in [0.3, 0.4) is 0 Å². The van der Waals surface area contributed by atoms with Crippen molar-refractivity contribution in [2.75, 3.05) is 6.79 Å². The van der Waals surface area contributed by atoms with Gasteiger partial charge in [0.05, 0.1) is 12.1 Å². The Hall–Kier alpha value is -2.33. The Bertz CT molecular complexity index is 1020. The van der Waals surface area contributed by atoms with Gasteiger partial charge >= 0.3 is 0 Å². The molecule has 1 aromatic carbocycles. The summed E-state index contributed by atoms with van der Waals surface area (Å²) >= 11 is 0. The van der Waals surface area contributed by atoms with Gasteiger partial charge < -0.3 is 60.0 Å². The topological polar surface area (TPSA) is 208 Å². The molecule has 0 bridgehead atoms. The highest BCUT2D eigenvalue weighted by Gasteiger charge is 2.53. The SMILES string of the molecule is CCC/C(=C\c1ccc(O[C@@H]2O[C@H]([C@@H](C)O)[C@@H](O)[C@@H]2O)c(O)c1)C(=O)NC1[C@@H](O)[C@@H]2OCO[C@@H]2[C@H](O)[C@H]1O. The molecule has 2 aliphatic heterocycles. The molecule has 4 rings (SSSR count). The molecule has 11 atom stereocenters. The second-order valence-corrected chi connectivity index (χ2v) is 9.81. The summed E-state index contributed by atoms with van der Waals surface area (Å²) < 4.78 is 21.4. The summed E-state index contributed by atoms with van der Waals surface area (Å²) in [4.78, 5) is 13.1. The molecule has 1 amide bonds. The van der Waals surface area contributed by atoms with E-state index in [0.717, 1.165) is 0 Å². The zero-order valence-corrected chi connectivity index (χ0v) is 21.0. The number of ether oxygens (including phenoxy) is 4. The van der Waals surface area contributed by atoms with Gasteiger partial charge in [0.1, 0.15) is 55.6 Å². The van der Waals surface area contributed by atoms with Crippen molar-refractivity contribution in [1.82, 2.24) is 5.32 Å². The van der Waals surface area contributed by atoms with E-state index in [0.29, 0.717) is 18.4 Å². The third-order valence-electron chi connectivity index (χ3n) is 7.01. The first kappa shape index (κ1) is 28.7. The first-order chi connectivity index (χ1) is 18.0. The minimum atomic E-state index is -1.49. The average molecular weight is 542 g/mol. The second-order valence-electron chi connectivity index (χ2n) is 9.81. The number of carbonyl (C=O) groups is 1. The predicted molar refractivity (Wildman–Crippen MR) is 129 cm³/mol. The zero-order chi connectivity index (χ0) is 27.7. The van der Waals surface area contributed by atoms with Crippen LogP contribution in [-0.2, 0) is 19.0 Å². The molecule has 2 heterocycles. The number of amides is 1. The lowest BCUT2D eigenvalue weighted by Gasteiger charge is -2.41. The normalized spacial score (nSPS) is 38.1. The van der Waals surface area contributed by atoms with E-state index in [1.54, 1.807) is 6.07 Å². The van der Waals surface area contributed by atoms with Gasteiger partial charge in [-0.25, -0.2) is 0 Å². The number of aromatic hydroxyl groups is 1. The van der Waals surface area contributed by atoms with Crippen molar-refractivity contribution < 1.29 is 59.5 Å². The maximum atomic E-state index is 13.1. The van der Waals surface area contributed by atoms with E-state index >= 15 is 0 Å². The van der Waals surface area contributed by atoms with E-state index in [1.165, 1.54) is 25.1 Å². The quantitative estimate of drug-likeness (QED) is 0.170. The minimum Gasteiger partial charge on any atom is -0.504 e. The molecule has 0 spiro atoms. The van der Waals surface area contributed by atoms with Crippen molar-refractivity contribution in [3.8, 4) is 11.5 Å². The summed E-state index contributed by atoms with van der Waals surface area (Å²) in [6.45, 7) is 3.12. The number of phenolic OH excluding ortho intramolecular Hbond substituents is 1. The van der Waals surface area contributed by atoms with Crippen LogP contribution < -0.4 is 10.1 Å². The highest BCUT2D eigenvalue weighted by Crippen LogP contribution is 2.33. The number of nitrogens with one attached hydrogen (secondary N) is 1. The third-order valence-corrected chi connectivity index (χ3v) is 7.01. The van der Waals surface area contributed by atoms with E-state index in [1.807, 2.05) is 6.92 Å². The number of fused-ring (bicyclic) bond motifs is 1. The summed E-state index contributed by atoms with van der Waals surface area (Å²) in [6, 6.07) is 3.06. The number of benzene rings is 1. The van der Waals surface area contributed by atoms with Crippen LogP contribution in [0.5, 0.6) is 11.5 Å². The fraction of sp³-hybridized carbons (Fsp3) is 0.640. The smallest absolute Gasteiger partial charge is 0.247 e. The molecule has 0 radical (unpaired) electrons. The monoisotopic (exact) mass is 541 g/mol. The van der Waals surface area contributed by atoms with Crippen LogP contribution in [0.2, 0.25) is 0 Å². The molecule has 13 nitrogen and oxygen atoms in total. The van der Waals surface area contributed by atoms with E-state index in [9.17, 15) is 40.5 Å². The molecule has 1 aliphatic carbocycles. The number of phenols is 1. The minimum absolute atomic E-state index is 0.0538. The van der Waals surface area contributed by atoms with Crippen molar-refractivity contribution in [3.63, 3.8) is 0 Å². The molecule has 3 fully saturated rings. The summed E-state index contributed by atoms with van der Waals surface area (Å²) in [5.74, 6) is -0.965. The van der Waals surface area contributed by atoms with Gasteiger partial charge in [-0.05, 0) is 37.1 Å². The van der Waals surface area contributed by atoms with Crippen molar-refractivity contribution in [1.29, 1.82) is 0 Å². The zero-order valence-electron chi connectivity index (χ0n) is 21.0. The molecular formula is C25H35NO12. The van der Waals surface area contributed by atoms with Gasteiger partial charge in [-0.1, -0.05) is 19.4 Å². The Morgan fingerprint density at radius 3 is 2.37 bits per heavy atom. The molecule has 212 valence electrons. The van der Waals surface area contributed by atoms with Gasteiger partial charge in [0, 0.05) is 5.57 Å². The lowest BCUT2D eigenvalue weighted by Crippen LogP contribution is -2.67. The molecule has 2 saturated heterocycles. The van der Waals surface area contributed by atoms with Gasteiger partial charge in [0.2, 0.25) is 12.2 Å². The lowest BCUT2D eigenvalue weighted by atomic mass is 9.83. The van der Waals surface area contributed by atoms with Gasteiger partial charge in [-0.15, -0.1) is 0 Å². The van der Waals surface area contributed by atoms with Crippen molar-refractivity contribution in [2.45, 2.75) is 94.0 Å². The molecular weight excluding hydrogens is 506 g/mol. The van der Waals surface area contributed by atoms with Gasteiger partial charge in [-0.2, -0.15) is 0 Å². The largest absolute Gasteiger partial charge is 0.504 e. The molecule has 1 unspecified atom stereocenters. The summed E-state index contributed by atoms with van der Waals surface area (Å²) in [6.07, 6.45) is -9.79. The van der Waals surface area contributed by atoms with Crippen LogP contribution in [0, 0.1) is 0 Å². The van der Waals surface area contributed by atoms with Crippen molar-refractivity contribution in [3.05, 3.63) is 29.3 Å². The average Bonchev–Trinajstić information content (AvgIpc) is 3.48. The number of hydrogen-bond acceptors (Lipinski definition) is 12. The molecule has 38 heavy (non-hydrogen) atoms. The van der Waals surface area contributed by atoms with Crippen LogP contribution in [0.25, 0.3) is 6.08 Å². The Morgan fingerprint density at radius 1 is 1.08 bits per heavy atom. The number of rotatable bonds is 8. The molecule has 0 aromatic heterocycles. The van der Waals surface area contributed by atoms with E-state index < -0.39 is 73.2 Å². The van der Waals surface area contributed by atoms with Crippen molar-refractivity contribution in [2.24, 2.45) is 0 Å². The van der Waals surface area contributed by atoms with Gasteiger partial charge in [0.15, 0.2) is 11.5 Å². The number of aliphatic hydroxyl groups is 6. The van der Waals surface area contributed by atoms with E-state index in [-0.39, 0.29) is 23.9 Å². The maximum absolute atomic E-state index is 13.1. The third kappa shape index (κ3) is 5.66. The van der Waals surface area contributed by atoms with E-state index in [4.69, 9.17) is 18.9 Å². The summed E-state index contributed by atoms with van der Waals surface area (Å²) in [5.41, 5.74) is 0.721. The predicted octanol–water partition coefficient (Wildman–Crippen LogP) is -1.90. The maximum Gasteiger partial charge on any atom is 0.247 e. The Balaban J connectivity index is 1.47. The van der Waals surface area contributed by atoms with E-state index in [2.05, 4.69) is 5.32 Å². The Labute approximate surface area is 218 Å². The molecule has 1 aromatic rings. The Morgan fingerprint density at radius 2 is 1.76 bits per heavy atom. The molecule has 8 N–H and O–H groups in total. The fourth-order valence-electron chi connectivity index (χ4n) is 4.94. The van der Waals surface area contributed by atoms with Crippen LogP contribution in [0.4, 0.5) is 0 Å². The number of hydrogen-bond donors (Lipinski definition) is 8. The second kappa shape index (κ2) is 11.8.